The molecule has 4 heteroatoms. The summed E-state index contributed by atoms with van der Waals surface area (Å²) >= 11 is 0. The Bertz CT molecular complexity index is 2100. The molecule has 6 aromatic carbocycles. The van der Waals surface area contributed by atoms with Gasteiger partial charge in [0.1, 0.15) is 5.82 Å². The minimum Gasteiger partial charge on any atom is -0.275 e. The second-order valence-electron chi connectivity index (χ2n) is 11.2. The molecule has 0 aliphatic carbocycles. The van der Waals surface area contributed by atoms with Crippen molar-refractivity contribution in [2.45, 2.75) is 5.79 Å². The van der Waals surface area contributed by atoms with Crippen molar-refractivity contribution < 1.29 is 0 Å². The predicted molar refractivity (Wildman–Crippen MR) is 188 cm³/mol. The minimum atomic E-state index is -1.20. The molecule has 0 amide bonds. The van der Waals surface area contributed by atoms with Crippen LogP contribution in [0.3, 0.4) is 0 Å². The van der Waals surface area contributed by atoms with Crippen LogP contribution in [0, 0.1) is 0 Å². The lowest BCUT2D eigenvalue weighted by Crippen LogP contribution is -2.31. The van der Waals surface area contributed by atoms with E-state index in [2.05, 4.69) is 150 Å². The molecule has 1 aliphatic heterocycles. The number of imidazole rings is 1. The van der Waals surface area contributed by atoms with Gasteiger partial charge in [0, 0.05) is 33.4 Å². The van der Waals surface area contributed by atoms with Crippen LogP contribution in [-0.2, 0) is 5.79 Å². The first-order valence-electron chi connectivity index (χ1n) is 15.5. The van der Waals surface area contributed by atoms with Crippen LogP contribution in [0.4, 0.5) is 0 Å². The fourth-order valence-corrected chi connectivity index (χ4v) is 6.22. The molecule has 0 bridgehead atoms. The zero-order valence-corrected chi connectivity index (χ0v) is 25.1. The molecule has 0 spiro atoms. The summed E-state index contributed by atoms with van der Waals surface area (Å²) in [7, 11) is 0. The van der Waals surface area contributed by atoms with E-state index in [0.29, 0.717) is 0 Å². The first-order chi connectivity index (χ1) is 22.8. The van der Waals surface area contributed by atoms with Gasteiger partial charge < -0.3 is 0 Å². The van der Waals surface area contributed by atoms with Crippen molar-refractivity contribution in [2.75, 3.05) is 0 Å². The van der Waals surface area contributed by atoms with E-state index >= 15 is 0 Å². The van der Waals surface area contributed by atoms with Gasteiger partial charge >= 0.3 is 0 Å². The highest BCUT2D eigenvalue weighted by Gasteiger charge is 2.44. The van der Waals surface area contributed by atoms with Crippen LogP contribution in [0.15, 0.2) is 192 Å². The molecule has 0 saturated carbocycles. The average Bonchev–Trinajstić information content (AvgIpc) is 3.75. The number of hydrogen-bond donors (Lipinski definition) is 0. The van der Waals surface area contributed by atoms with E-state index in [-0.39, 0.29) is 0 Å². The third kappa shape index (κ3) is 4.77. The average molecular weight is 591 g/mol. The minimum absolute atomic E-state index is 0.788. The Morgan fingerprint density at radius 3 is 1.20 bits per heavy atom. The summed E-state index contributed by atoms with van der Waals surface area (Å²) in [5.41, 5.74) is 9.50. The summed E-state index contributed by atoms with van der Waals surface area (Å²) in [5, 5.41) is 0. The van der Waals surface area contributed by atoms with Crippen molar-refractivity contribution in [3.8, 4) is 33.9 Å². The quantitative estimate of drug-likeness (QED) is 0.182. The Morgan fingerprint density at radius 1 is 0.370 bits per heavy atom. The molecule has 2 heterocycles. The van der Waals surface area contributed by atoms with E-state index in [9.17, 15) is 0 Å². The zero-order chi connectivity index (χ0) is 30.8. The highest BCUT2D eigenvalue weighted by atomic mass is 15.4. The molecule has 0 saturated heterocycles. The summed E-state index contributed by atoms with van der Waals surface area (Å²) in [6.07, 6.45) is 0. The van der Waals surface area contributed by atoms with E-state index in [1.54, 1.807) is 0 Å². The Morgan fingerprint density at radius 2 is 0.739 bits per heavy atom. The van der Waals surface area contributed by atoms with Crippen molar-refractivity contribution in [3.05, 3.63) is 199 Å². The summed E-state index contributed by atoms with van der Waals surface area (Å²) in [6.45, 7) is 0. The van der Waals surface area contributed by atoms with Gasteiger partial charge in [-0.15, -0.1) is 0 Å². The molecule has 7 aromatic rings. The van der Waals surface area contributed by atoms with E-state index in [1.165, 1.54) is 0 Å². The Hall–Kier alpha value is -6.13. The molecule has 0 atom stereocenters. The standard InChI is InChI=1S/C42H30N4/c1-7-19-31(20-8-1)37-38(32-21-9-2-10-22-32)45-42(44-37,36-29-17-6-18-30-36)46-40(34-25-13-4-14-26-34)39(33-23-11-3-12-24-33)43-41(46)35-27-15-5-16-28-35/h1-30H. The number of aliphatic imine (C=N–C) groups is 2. The van der Waals surface area contributed by atoms with Crippen molar-refractivity contribution >= 4 is 11.4 Å². The molecule has 4 nitrogen and oxygen atoms in total. The lowest BCUT2D eigenvalue weighted by atomic mass is 10.0. The van der Waals surface area contributed by atoms with Crippen molar-refractivity contribution in [1.82, 2.24) is 9.55 Å². The lowest BCUT2D eigenvalue weighted by molar-refractivity contribution is 0.409. The molecular weight excluding hydrogens is 560 g/mol. The van der Waals surface area contributed by atoms with Crippen molar-refractivity contribution in [1.29, 1.82) is 0 Å². The van der Waals surface area contributed by atoms with Crippen LogP contribution < -0.4 is 0 Å². The van der Waals surface area contributed by atoms with Crippen LogP contribution in [0.1, 0.15) is 16.7 Å². The van der Waals surface area contributed by atoms with Crippen LogP contribution in [0.5, 0.6) is 0 Å². The maximum Gasteiger partial charge on any atom is 0.261 e. The van der Waals surface area contributed by atoms with Crippen molar-refractivity contribution in [3.63, 3.8) is 0 Å². The summed E-state index contributed by atoms with van der Waals surface area (Å²) in [6, 6.07) is 62.4. The number of hydrogen-bond acceptors (Lipinski definition) is 3. The highest BCUT2D eigenvalue weighted by Crippen LogP contribution is 2.46. The predicted octanol–water partition coefficient (Wildman–Crippen LogP) is 9.53. The maximum atomic E-state index is 5.70. The zero-order valence-electron chi connectivity index (χ0n) is 25.1. The SMILES string of the molecule is c1ccc(C2=NC(c3ccccc3)(n3c(-c4ccccc4)nc(-c4ccccc4)c3-c3ccccc3)N=C2c2ccccc2)cc1. The molecule has 1 aliphatic rings. The van der Waals surface area contributed by atoms with Crippen LogP contribution in [0.2, 0.25) is 0 Å². The van der Waals surface area contributed by atoms with Crippen LogP contribution >= 0.6 is 0 Å². The second kappa shape index (κ2) is 11.8. The van der Waals surface area contributed by atoms with E-state index in [4.69, 9.17) is 15.0 Å². The first kappa shape index (κ1) is 27.4. The van der Waals surface area contributed by atoms with Crippen LogP contribution in [-0.4, -0.2) is 21.0 Å². The van der Waals surface area contributed by atoms with Crippen LogP contribution in [0.25, 0.3) is 33.9 Å². The van der Waals surface area contributed by atoms with E-state index < -0.39 is 5.79 Å². The van der Waals surface area contributed by atoms with Crippen molar-refractivity contribution in [2.24, 2.45) is 9.98 Å². The van der Waals surface area contributed by atoms with E-state index in [0.717, 1.165) is 62.0 Å². The Kier molecular flexibility index (Phi) is 7.01. The molecule has 0 N–H and O–H groups in total. The van der Waals surface area contributed by atoms with Gasteiger partial charge in [0.15, 0.2) is 0 Å². The fraction of sp³-hybridized carbons (Fsp3) is 0.0238. The topological polar surface area (TPSA) is 42.5 Å². The van der Waals surface area contributed by atoms with Gasteiger partial charge in [0.05, 0.1) is 22.8 Å². The lowest BCUT2D eigenvalue weighted by Gasteiger charge is -2.30. The highest BCUT2D eigenvalue weighted by molar-refractivity contribution is 6.54. The molecule has 1 aromatic heterocycles. The number of nitrogens with zero attached hydrogens (tertiary/aromatic N) is 4. The smallest absolute Gasteiger partial charge is 0.261 e. The number of benzene rings is 6. The van der Waals surface area contributed by atoms with Gasteiger partial charge in [-0.3, -0.25) is 4.57 Å². The third-order valence-corrected chi connectivity index (χ3v) is 8.33. The van der Waals surface area contributed by atoms with Gasteiger partial charge in [-0.2, -0.15) is 0 Å². The van der Waals surface area contributed by atoms with Gasteiger partial charge in [-0.05, 0) is 0 Å². The monoisotopic (exact) mass is 590 g/mol. The first-order valence-corrected chi connectivity index (χ1v) is 15.5. The maximum absolute atomic E-state index is 5.70. The Labute approximate surface area is 268 Å². The summed E-state index contributed by atoms with van der Waals surface area (Å²) in [5.74, 6) is -0.412. The molecule has 8 rings (SSSR count). The molecule has 0 radical (unpaired) electrons. The third-order valence-electron chi connectivity index (χ3n) is 8.33. The van der Waals surface area contributed by atoms with E-state index in [1.807, 2.05) is 36.4 Å². The number of aromatic nitrogens is 2. The van der Waals surface area contributed by atoms with Gasteiger partial charge in [-0.1, -0.05) is 182 Å². The van der Waals surface area contributed by atoms with Gasteiger partial charge in [0.2, 0.25) is 0 Å². The largest absolute Gasteiger partial charge is 0.275 e. The second-order valence-corrected chi connectivity index (χ2v) is 11.2. The molecule has 218 valence electrons. The molecule has 0 fully saturated rings. The summed E-state index contributed by atoms with van der Waals surface area (Å²) in [4.78, 5) is 16.9. The van der Waals surface area contributed by atoms with Gasteiger partial charge in [0.25, 0.3) is 5.79 Å². The summed E-state index contributed by atoms with van der Waals surface area (Å²) < 4.78 is 2.26. The Balaban J connectivity index is 1.55. The molecule has 46 heavy (non-hydrogen) atoms. The fourth-order valence-electron chi connectivity index (χ4n) is 6.22. The molecule has 0 unspecified atom stereocenters. The normalized spacial score (nSPS) is 13.7. The molecular formula is C42H30N4. The number of rotatable bonds is 7. The van der Waals surface area contributed by atoms with Gasteiger partial charge in [-0.25, -0.2) is 15.0 Å².